The Bertz CT molecular complexity index is 1360. The van der Waals surface area contributed by atoms with Gasteiger partial charge in [0.05, 0.1) is 5.54 Å². The molecule has 0 radical (unpaired) electrons. The van der Waals surface area contributed by atoms with Gasteiger partial charge >= 0.3 is 21.7 Å². The highest BCUT2D eigenvalue weighted by Gasteiger charge is 2.59. The smallest absolute Gasteiger partial charge is 0.465 e. The third-order valence-corrected chi connectivity index (χ3v) is 7.56. The molecule has 0 aromatic heterocycles. The number of hydrogen-bond acceptors (Lipinski definition) is 5. The van der Waals surface area contributed by atoms with E-state index >= 15 is 0 Å². The summed E-state index contributed by atoms with van der Waals surface area (Å²) in [7, 11) is -6.23. The van der Waals surface area contributed by atoms with E-state index in [-0.39, 0.29) is 37.1 Å². The molecule has 1 saturated heterocycles. The maximum Gasteiger partial charge on any atom is 0.534 e. The minimum Gasteiger partial charge on any atom is -0.465 e. The fraction of sp³-hybridized carbons (Fsp3) is 0.333. The quantitative estimate of drug-likeness (QED) is 0.341. The third kappa shape index (κ3) is 4.75. The van der Waals surface area contributed by atoms with Crippen LogP contribution in [0.2, 0.25) is 0 Å². The van der Waals surface area contributed by atoms with E-state index in [9.17, 15) is 40.7 Å². The van der Waals surface area contributed by atoms with E-state index in [1.807, 2.05) is 0 Å². The van der Waals surface area contributed by atoms with Crippen molar-refractivity contribution in [3.63, 3.8) is 0 Å². The van der Waals surface area contributed by atoms with Crippen molar-refractivity contribution in [2.24, 2.45) is 0 Å². The molecule has 0 aliphatic carbocycles. The third-order valence-electron chi connectivity index (χ3n) is 6.60. The van der Waals surface area contributed by atoms with Gasteiger partial charge in [-0.05, 0) is 49.9 Å². The van der Waals surface area contributed by atoms with Crippen molar-refractivity contribution >= 4 is 27.8 Å². The van der Waals surface area contributed by atoms with Crippen LogP contribution in [0.25, 0.3) is 0 Å². The molecule has 2 aliphatic heterocycles. The molecule has 2 aliphatic rings. The molecule has 4 rings (SSSR count). The van der Waals surface area contributed by atoms with Gasteiger partial charge in [-0.25, -0.2) is 9.18 Å². The monoisotopic (exact) mass is 542 g/mol. The van der Waals surface area contributed by atoms with Crippen LogP contribution in [-0.4, -0.2) is 54.1 Å². The molecule has 2 heterocycles. The fourth-order valence-electron chi connectivity index (χ4n) is 5.03. The number of carboxylic acid groups (broad SMARTS) is 1. The number of anilines is 1. The van der Waals surface area contributed by atoms with E-state index in [1.165, 1.54) is 12.1 Å². The van der Waals surface area contributed by atoms with E-state index in [2.05, 4.69) is 4.18 Å². The van der Waals surface area contributed by atoms with E-state index in [0.717, 1.165) is 21.9 Å². The molecule has 0 unspecified atom stereocenters. The van der Waals surface area contributed by atoms with Crippen LogP contribution in [0.5, 0.6) is 0 Å². The Kier molecular flexibility index (Phi) is 6.69. The molecule has 1 spiro atoms. The predicted molar refractivity (Wildman–Crippen MR) is 123 cm³/mol. The van der Waals surface area contributed by atoms with Gasteiger partial charge in [-0.15, -0.1) is 0 Å². The number of carbonyl (C=O) groups excluding carboxylic acids is 1. The molecule has 1 N–H and O–H groups in total. The molecule has 2 atom stereocenters. The SMILES string of the molecule is C[C@H]1C[C@]2(CCN1C(=O)O)C(Cc1ccccc1)=C(OS(=O)(=O)C(F)(F)F)C(=O)N2c1cccc(F)c1. The number of rotatable bonds is 5. The summed E-state index contributed by atoms with van der Waals surface area (Å²) in [5, 5.41) is 9.56. The Labute approximate surface area is 209 Å². The lowest BCUT2D eigenvalue weighted by molar-refractivity contribution is -0.117. The minimum atomic E-state index is -6.23. The standard InChI is InChI=1S/C24H22F4N2O6S/c1-15-14-23(10-11-29(15)22(32)33)19(12-16-6-3-2-4-7-16)20(36-37(34,35)24(26,27)28)21(31)30(23)18-9-5-8-17(25)13-18/h2-9,13,15H,10-12,14H2,1H3,(H,32,33)/t15-,23+/m0/s1. The van der Waals surface area contributed by atoms with Crippen molar-refractivity contribution in [3.05, 3.63) is 77.3 Å². The van der Waals surface area contributed by atoms with Gasteiger partial charge in [0, 0.05) is 23.8 Å². The molecule has 2 aromatic carbocycles. The molecule has 37 heavy (non-hydrogen) atoms. The summed E-state index contributed by atoms with van der Waals surface area (Å²) in [4.78, 5) is 27.5. The first-order valence-corrected chi connectivity index (χ1v) is 12.6. The molecule has 0 saturated carbocycles. The maximum absolute atomic E-state index is 14.2. The summed E-state index contributed by atoms with van der Waals surface area (Å²) in [6, 6.07) is 12.3. The van der Waals surface area contributed by atoms with Crippen LogP contribution in [0, 0.1) is 5.82 Å². The zero-order chi connectivity index (χ0) is 27.2. The topological polar surface area (TPSA) is 104 Å². The van der Waals surface area contributed by atoms with Crippen LogP contribution in [0.4, 0.5) is 28.0 Å². The van der Waals surface area contributed by atoms with Crippen LogP contribution in [0.15, 0.2) is 65.9 Å². The second kappa shape index (κ2) is 9.36. The Hall–Kier alpha value is -3.61. The number of carbonyl (C=O) groups is 2. The molecular formula is C24H22F4N2O6S. The lowest BCUT2D eigenvalue weighted by Crippen LogP contribution is -2.59. The van der Waals surface area contributed by atoms with Gasteiger partial charge in [-0.2, -0.15) is 21.6 Å². The Balaban J connectivity index is 1.95. The summed E-state index contributed by atoms with van der Waals surface area (Å²) in [5.74, 6) is -2.96. The molecule has 13 heteroatoms. The first kappa shape index (κ1) is 26.5. The van der Waals surface area contributed by atoms with Gasteiger partial charge < -0.3 is 14.2 Å². The van der Waals surface area contributed by atoms with Gasteiger partial charge in [0.2, 0.25) is 5.76 Å². The Morgan fingerprint density at radius 3 is 2.41 bits per heavy atom. The molecule has 8 nitrogen and oxygen atoms in total. The van der Waals surface area contributed by atoms with Crippen molar-refractivity contribution in [2.45, 2.75) is 43.3 Å². The Morgan fingerprint density at radius 1 is 1.16 bits per heavy atom. The molecular weight excluding hydrogens is 520 g/mol. The summed E-state index contributed by atoms with van der Waals surface area (Å²) >= 11 is 0. The highest BCUT2D eigenvalue weighted by Crippen LogP contribution is 2.49. The number of halogens is 4. The van der Waals surface area contributed by atoms with Crippen molar-refractivity contribution in [1.29, 1.82) is 0 Å². The fourth-order valence-corrected chi connectivity index (χ4v) is 5.51. The number of benzene rings is 2. The molecule has 198 valence electrons. The van der Waals surface area contributed by atoms with Crippen molar-refractivity contribution in [1.82, 2.24) is 4.90 Å². The van der Waals surface area contributed by atoms with Crippen molar-refractivity contribution in [3.8, 4) is 0 Å². The van der Waals surface area contributed by atoms with Crippen LogP contribution in [0.3, 0.4) is 0 Å². The lowest BCUT2D eigenvalue weighted by Gasteiger charge is -2.48. The number of hydrogen-bond donors (Lipinski definition) is 1. The first-order valence-electron chi connectivity index (χ1n) is 11.1. The average molecular weight is 543 g/mol. The average Bonchev–Trinajstić information content (AvgIpc) is 3.00. The lowest BCUT2D eigenvalue weighted by atomic mass is 9.75. The van der Waals surface area contributed by atoms with E-state index in [1.54, 1.807) is 37.3 Å². The van der Waals surface area contributed by atoms with Gasteiger partial charge in [0.15, 0.2) is 0 Å². The molecule has 2 amide bonds. The van der Waals surface area contributed by atoms with Crippen molar-refractivity contribution < 1.29 is 44.9 Å². The highest BCUT2D eigenvalue weighted by atomic mass is 32.2. The van der Waals surface area contributed by atoms with Crippen LogP contribution < -0.4 is 4.90 Å². The van der Waals surface area contributed by atoms with Crippen LogP contribution in [-0.2, 0) is 25.5 Å². The molecule has 2 aromatic rings. The predicted octanol–water partition coefficient (Wildman–Crippen LogP) is 4.44. The van der Waals surface area contributed by atoms with Crippen LogP contribution in [0.1, 0.15) is 25.3 Å². The summed E-state index contributed by atoms with van der Waals surface area (Å²) < 4.78 is 82.6. The number of likely N-dealkylation sites (tertiary alicyclic amines) is 1. The minimum absolute atomic E-state index is 0.0328. The summed E-state index contributed by atoms with van der Waals surface area (Å²) in [6.45, 7) is 1.45. The zero-order valence-corrected chi connectivity index (χ0v) is 20.2. The van der Waals surface area contributed by atoms with Gasteiger partial charge in [0.25, 0.3) is 5.91 Å². The number of amides is 2. The van der Waals surface area contributed by atoms with E-state index < -0.39 is 50.8 Å². The van der Waals surface area contributed by atoms with E-state index in [0.29, 0.717) is 5.56 Å². The zero-order valence-electron chi connectivity index (χ0n) is 19.4. The van der Waals surface area contributed by atoms with Crippen LogP contribution >= 0.6 is 0 Å². The number of piperidine rings is 1. The van der Waals surface area contributed by atoms with Gasteiger partial charge in [-0.3, -0.25) is 9.69 Å². The summed E-state index contributed by atoms with van der Waals surface area (Å²) in [5.41, 5.74) is -6.84. The van der Waals surface area contributed by atoms with Crippen molar-refractivity contribution in [2.75, 3.05) is 11.4 Å². The number of alkyl halides is 3. The molecule has 0 bridgehead atoms. The van der Waals surface area contributed by atoms with Gasteiger partial charge in [0.1, 0.15) is 5.82 Å². The second-order valence-corrected chi connectivity index (χ2v) is 10.4. The second-order valence-electron chi connectivity index (χ2n) is 8.88. The highest BCUT2D eigenvalue weighted by molar-refractivity contribution is 7.87. The number of nitrogens with zero attached hydrogens (tertiary/aromatic N) is 2. The first-order chi connectivity index (χ1) is 17.3. The molecule has 1 fully saturated rings. The Morgan fingerprint density at radius 2 is 1.84 bits per heavy atom. The largest absolute Gasteiger partial charge is 0.534 e. The summed E-state index contributed by atoms with van der Waals surface area (Å²) in [6.07, 6.45) is -1.58. The normalized spacial score (nSPS) is 22.6. The maximum atomic E-state index is 14.2. The van der Waals surface area contributed by atoms with Gasteiger partial charge in [-0.1, -0.05) is 36.4 Å². The van der Waals surface area contributed by atoms with E-state index in [4.69, 9.17) is 0 Å².